The zero-order valence-corrected chi connectivity index (χ0v) is 16.7. The molecular formula is C24H24N4O2. The molecule has 2 fully saturated rings. The maximum absolute atomic E-state index is 11.7. The van der Waals surface area contributed by atoms with Gasteiger partial charge in [0, 0.05) is 35.4 Å². The molecular weight excluding hydrogens is 376 g/mol. The molecule has 1 saturated carbocycles. The summed E-state index contributed by atoms with van der Waals surface area (Å²) in [6.45, 7) is 2.06. The van der Waals surface area contributed by atoms with Gasteiger partial charge in [-0.3, -0.25) is 4.79 Å². The van der Waals surface area contributed by atoms with E-state index in [2.05, 4.69) is 40.8 Å². The highest BCUT2D eigenvalue weighted by molar-refractivity contribution is 6.04. The molecule has 6 nitrogen and oxygen atoms in total. The standard InChI is InChI=1S/C24H24N4O2/c25-22(29)19-4-1-3-16-13-28(27-21(16)19)18-8-6-17(7-9-18)23-10-11-26-15-24(23,14-23)20-5-2-12-30-20/h1-4,6-9,12-13,20,26H,5,10-11,14-15H2,(H2,25,29). The van der Waals surface area contributed by atoms with Crippen molar-refractivity contribution in [2.45, 2.75) is 30.8 Å². The second kappa shape index (κ2) is 6.19. The topological polar surface area (TPSA) is 82.2 Å². The monoisotopic (exact) mass is 400 g/mol. The van der Waals surface area contributed by atoms with Gasteiger partial charge in [-0.15, -0.1) is 0 Å². The number of aromatic nitrogens is 2. The van der Waals surface area contributed by atoms with Crippen LogP contribution in [0.5, 0.6) is 0 Å². The number of ether oxygens (including phenoxy) is 1. The number of rotatable bonds is 4. The van der Waals surface area contributed by atoms with E-state index in [9.17, 15) is 4.79 Å². The summed E-state index contributed by atoms with van der Waals surface area (Å²) in [6.07, 6.45) is 9.54. The Morgan fingerprint density at radius 1 is 1.23 bits per heavy atom. The molecule has 0 bridgehead atoms. The zero-order chi connectivity index (χ0) is 20.3. The number of nitrogens with one attached hydrogen (secondary N) is 1. The SMILES string of the molecule is NC(=O)c1cccc2cn(-c3ccc(C45CCNCC4(C4CC=CO4)C5)cc3)nc12. The molecule has 3 heterocycles. The third-order valence-electron chi connectivity index (χ3n) is 7.41. The van der Waals surface area contributed by atoms with Crippen LogP contribution < -0.4 is 11.1 Å². The molecule has 1 aliphatic carbocycles. The molecule has 3 aromatic rings. The fraction of sp³-hybridized carbons (Fsp3) is 0.333. The number of fused-ring (bicyclic) bond motifs is 2. The highest BCUT2D eigenvalue weighted by Gasteiger charge is 2.72. The van der Waals surface area contributed by atoms with Crippen molar-refractivity contribution in [3.05, 3.63) is 72.1 Å². The predicted octanol–water partition coefficient (Wildman–Crippen LogP) is 3.05. The largest absolute Gasteiger partial charge is 0.497 e. The van der Waals surface area contributed by atoms with E-state index in [1.54, 1.807) is 6.07 Å². The van der Waals surface area contributed by atoms with Crippen molar-refractivity contribution in [2.75, 3.05) is 13.1 Å². The van der Waals surface area contributed by atoms with Crippen molar-refractivity contribution in [3.63, 3.8) is 0 Å². The van der Waals surface area contributed by atoms with E-state index in [-0.39, 0.29) is 16.9 Å². The number of benzene rings is 2. The van der Waals surface area contributed by atoms with Crippen LogP contribution in [0.1, 0.15) is 35.2 Å². The number of carbonyl (C=O) groups excluding carboxylic acids is 1. The smallest absolute Gasteiger partial charge is 0.250 e. The fourth-order valence-electron chi connectivity index (χ4n) is 5.80. The summed E-state index contributed by atoms with van der Waals surface area (Å²) in [5.74, 6) is -0.458. The van der Waals surface area contributed by atoms with E-state index >= 15 is 0 Å². The van der Waals surface area contributed by atoms with Gasteiger partial charge in [-0.2, -0.15) is 5.10 Å². The molecule has 0 radical (unpaired) electrons. The Bertz CT molecular complexity index is 1170. The summed E-state index contributed by atoms with van der Waals surface area (Å²) in [5.41, 5.74) is 9.33. The molecule has 1 saturated heterocycles. The number of primary amides is 1. The number of carbonyl (C=O) groups is 1. The van der Waals surface area contributed by atoms with Gasteiger partial charge < -0.3 is 15.8 Å². The second-order valence-corrected chi connectivity index (χ2v) is 8.80. The predicted molar refractivity (Wildman–Crippen MR) is 114 cm³/mol. The van der Waals surface area contributed by atoms with Gasteiger partial charge in [-0.05, 0) is 49.2 Å². The van der Waals surface area contributed by atoms with E-state index in [0.717, 1.165) is 37.0 Å². The Hall–Kier alpha value is -3.12. The average molecular weight is 400 g/mol. The second-order valence-electron chi connectivity index (χ2n) is 8.80. The van der Waals surface area contributed by atoms with Crippen LogP contribution in [0.3, 0.4) is 0 Å². The van der Waals surface area contributed by atoms with Crippen LogP contribution in [0, 0.1) is 5.41 Å². The first-order valence-corrected chi connectivity index (χ1v) is 10.5. The molecule has 6 rings (SSSR count). The van der Waals surface area contributed by atoms with Crippen LogP contribution in [0.15, 0.2) is 61.0 Å². The molecule has 6 heteroatoms. The number of hydrogen-bond acceptors (Lipinski definition) is 4. The molecule has 0 spiro atoms. The van der Waals surface area contributed by atoms with Crippen molar-refractivity contribution in [3.8, 4) is 5.69 Å². The Morgan fingerprint density at radius 2 is 2.10 bits per heavy atom. The lowest BCUT2D eigenvalue weighted by Crippen LogP contribution is -2.44. The van der Waals surface area contributed by atoms with Crippen molar-refractivity contribution in [2.24, 2.45) is 11.1 Å². The fourth-order valence-corrected chi connectivity index (χ4v) is 5.80. The summed E-state index contributed by atoms with van der Waals surface area (Å²) in [6, 6.07) is 14.2. The molecule has 152 valence electrons. The third kappa shape index (κ3) is 2.34. The number of nitrogens with zero attached hydrogens (tertiary/aromatic N) is 2. The van der Waals surface area contributed by atoms with E-state index in [1.165, 1.54) is 12.0 Å². The van der Waals surface area contributed by atoms with Crippen molar-refractivity contribution < 1.29 is 9.53 Å². The Balaban J connectivity index is 1.34. The van der Waals surface area contributed by atoms with E-state index in [4.69, 9.17) is 10.5 Å². The first-order chi connectivity index (χ1) is 14.6. The van der Waals surface area contributed by atoms with Gasteiger partial charge in [0.05, 0.1) is 17.5 Å². The number of hydrogen-bond donors (Lipinski definition) is 2. The lowest BCUT2D eigenvalue weighted by atomic mass is 9.77. The van der Waals surface area contributed by atoms with Gasteiger partial charge in [0.15, 0.2) is 0 Å². The van der Waals surface area contributed by atoms with Gasteiger partial charge in [0.2, 0.25) is 0 Å². The van der Waals surface area contributed by atoms with Crippen molar-refractivity contribution >= 4 is 16.8 Å². The van der Waals surface area contributed by atoms with Crippen LogP contribution in [0.25, 0.3) is 16.6 Å². The highest BCUT2D eigenvalue weighted by Crippen LogP contribution is 2.70. The normalized spacial score (nSPS) is 29.5. The molecule has 3 aliphatic rings. The third-order valence-corrected chi connectivity index (χ3v) is 7.41. The summed E-state index contributed by atoms with van der Waals surface area (Å²) in [4.78, 5) is 11.7. The Morgan fingerprint density at radius 3 is 2.87 bits per heavy atom. The average Bonchev–Trinajstić information content (AvgIpc) is 3.10. The Labute approximate surface area is 174 Å². The van der Waals surface area contributed by atoms with Crippen LogP contribution in [-0.2, 0) is 10.2 Å². The number of amides is 1. The van der Waals surface area contributed by atoms with Gasteiger partial charge >= 0.3 is 0 Å². The molecule has 3 atom stereocenters. The number of piperidine rings is 1. The first-order valence-electron chi connectivity index (χ1n) is 10.5. The minimum Gasteiger partial charge on any atom is -0.497 e. The molecule has 3 unspecified atom stereocenters. The van der Waals surface area contributed by atoms with Crippen molar-refractivity contribution in [1.82, 2.24) is 15.1 Å². The zero-order valence-electron chi connectivity index (χ0n) is 16.7. The lowest BCUT2D eigenvalue weighted by molar-refractivity contribution is 0.0687. The van der Waals surface area contributed by atoms with E-state index in [0.29, 0.717) is 11.1 Å². The van der Waals surface area contributed by atoms with Gasteiger partial charge in [-0.1, -0.05) is 24.3 Å². The molecule has 2 aromatic carbocycles. The summed E-state index contributed by atoms with van der Waals surface area (Å²) < 4.78 is 7.79. The summed E-state index contributed by atoms with van der Waals surface area (Å²) in [7, 11) is 0. The maximum atomic E-state index is 11.7. The highest BCUT2D eigenvalue weighted by atomic mass is 16.5. The van der Waals surface area contributed by atoms with E-state index in [1.807, 2.05) is 29.3 Å². The van der Waals surface area contributed by atoms with Gasteiger partial charge in [-0.25, -0.2) is 4.68 Å². The van der Waals surface area contributed by atoms with Crippen LogP contribution >= 0.6 is 0 Å². The minimum atomic E-state index is -0.458. The Kier molecular flexibility index (Phi) is 3.65. The van der Waals surface area contributed by atoms with E-state index < -0.39 is 5.91 Å². The van der Waals surface area contributed by atoms with Crippen LogP contribution in [0.2, 0.25) is 0 Å². The summed E-state index contributed by atoms with van der Waals surface area (Å²) >= 11 is 0. The minimum absolute atomic E-state index is 0.188. The van der Waals surface area contributed by atoms with Gasteiger partial charge in [0.25, 0.3) is 5.91 Å². The van der Waals surface area contributed by atoms with Crippen LogP contribution in [-0.4, -0.2) is 34.9 Å². The lowest BCUT2D eigenvalue weighted by Gasteiger charge is -2.35. The maximum Gasteiger partial charge on any atom is 0.250 e. The molecule has 2 aliphatic heterocycles. The summed E-state index contributed by atoms with van der Waals surface area (Å²) in [5, 5.41) is 9.13. The first kappa shape index (κ1) is 17.7. The molecule has 1 amide bonds. The molecule has 1 aromatic heterocycles. The quantitative estimate of drug-likeness (QED) is 0.705. The van der Waals surface area contributed by atoms with Gasteiger partial charge in [0.1, 0.15) is 11.6 Å². The number of nitrogens with two attached hydrogens (primary N) is 1. The molecule has 3 N–H and O–H groups in total. The molecule has 30 heavy (non-hydrogen) atoms. The van der Waals surface area contributed by atoms with Crippen molar-refractivity contribution in [1.29, 1.82) is 0 Å². The van der Waals surface area contributed by atoms with Crippen LogP contribution in [0.4, 0.5) is 0 Å².